The van der Waals surface area contributed by atoms with Crippen LogP contribution in [0.15, 0.2) is 48.5 Å². The molecular weight excluding hydrogens is 390 g/mol. The Bertz CT molecular complexity index is 1150. The zero-order valence-corrected chi connectivity index (χ0v) is 18.1. The van der Waals surface area contributed by atoms with E-state index in [9.17, 15) is 9.59 Å². The number of aromatic nitrogens is 1. The fraction of sp³-hybridized carbons (Fsp3) is 0.360. The summed E-state index contributed by atoms with van der Waals surface area (Å²) < 4.78 is 5.21. The number of imide groups is 1. The Hall–Kier alpha value is -3.28. The van der Waals surface area contributed by atoms with E-state index in [1.807, 2.05) is 41.3 Å². The SMILES string of the molecule is COc1ccc(CN2C(=O)[C@H]3Cc4c([nH]c5ccccc45)[C@H](CC(C)C)N3C2=O)cc1. The quantitative estimate of drug-likeness (QED) is 0.615. The third kappa shape index (κ3) is 3.17. The van der Waals surface area contributed by atoms with E-state index >= 15 is 0 Å². The van der Waals surface area contributed by atoms with Gasteiger partial charge in [0.25, 0.3) is 5.91 Å². The zero-order chi connectivity index (χ0) is 21.7. The summed E-state index contributed by atoms with van der Waals surface area (Å²) in [6.07, 6.45) is 1.36. The number of methoxy groups -OCH3 is 1. The third-order valence-corrected chi connectivity index (χ3v) is 6.45. The monoisotopic (exact) mass is 417 g/mol. The molecule has 31 heavy (non-hydrogen) atoms. The number of hydrogen-bond acceptors (Lipinski definition) is 3. The Morgan fingerprint density at radius 3 is 2.55 bits per heavy atom. The van der Waals surface area contributed by atoms with Gasteiger partial charge in [0.15, 0.2) is 0 Å². The van der Waals surface area contributed by atoms with Crippen LogP contribution in [-0.2, 0) is 17.8 Å². The molecule has 0 saturated carbocycles. The smallest absolute Gasteiger partial charge is 0.328 e. The highest BCUT2D eigenvalue weighted by Crippen LogP contribution is 2.43. The fourth-order valence-electron chi connectivity index (χ4n) is 5.00. The number of ether oxygens (including phenoxy) is 1. The van der Waals surface area contributed by atoms with Crippen LogP contribution in [0.4, 0.5) is 4.79 Å². The van der Waals surface area contributed by atoms with Crippen LogP contribution in [0.25, 0.3) is 10.9 Å². The molecule has 1 fully saturated rings. The average molecular weight is 418 g/mol. The molecule has 3 aromatic rings. The topological polar surface area (TPSA) is 65.6 Å². The van der Waals surface area contributed by atoms with Crippen molar-refractivity contribution in [2.75, 3.05) is 7.11 Å². The standard InChI is InChI=1S/C25H27N3O3/c1-15(2)12-21-23-19(18-6-4-5-7-20(18)26-23)13-22-24(29)27(25(30)28(21)22)14-16-8-10-17(31-3)11-9-16/h4-11,15,21-22,26H,12-14H2,1-3H3/t21-,22+/m0/s1. The molecule has 0 radical (unpaired) electrons. The van der Waals surface area contributed by atoms with E-state index in [0.29, 0.717) is 12.3 Å². The van der Waals surface area contributed by atoms with Crippen molar-refractivity contribution in [1.82, 2.24) is 14.8 Å². The van der Waals surface area contributed by atoms with Crippen LogP contribution in [0.3, 0.4) is 0 Å². The minimum absolute atomic E-state index is 0.106. The molecule has 2 atom stereocenters. The van der Waals surface area contributed by atoms with Crippen LogP contribution < -0.4 is 4.74 Å². The largest absolute Gasteiger partial charge is 0.497 e. The molecule has 0 unspecified atom stereocenters. The summed E-state index contributed by atoms with van der Waals surface area (Å²) in [6, 6.07) is 14.9. The summed E-state index contributed by atoms with van der Waals surface area (Å²) in [5.74, 6) is 1.04. The van der Waals surface area contributed by atoms with Crippen LogP contribution in [0.1, 0.15) is 43.1 Å². The van der Waals surface area contributed by atoms with Crippen molar-refractivity contribution in [3.05, 3.63) is 65.4 Å². The number of benzene rings is 2. The Labute approximate surface area is 181 Å². The summed E-state index contributed by atoms with van der Waals surface area (Å²) in [4.78, 5) is 33.7. The first-order valence-electron chi connectivity index (χ1n) is 10.8. The number of hydrogen-bond donors (Lipinski definition) is 1. The minimum atomic E-state index is -0.443. The average Bonchev–Trinajstić information content (AvgIpc) is 3.25. The predicted octanol–water partition coefficient (Wildman–Crippen LogP) is 4.65. The Balaban J connectivity index is 1.51. The summed E-state index contributed by atoms with van der Waals surface area (Å²) >= 11 is 0. The van der Waals surface area contributed by atoms with Crippen LogP contribution in [-0.4, -0.2) is 39.9 Å². The summed E-state index contributed by atoms with van der Waals surface area (Å²) in [7, 11) is 1.62. The van der Waals surface area contributed by atoms with Crippen LogP contribution in [0.5, 0.6) is 5.75 Å². The number of carbonyl (C=O) groups is 2. The van der Waals surface area contributed by atoms with E-state index in [-0.39, 0.29) is 24.5 Å². The molecule has 3 amide bonds. The number of nitrogens with one attached hydrogen (secondary N) is 1. The molecular formula is C25H27N3O3. The second-order valence-corrected chi connectivity index (χ2v) is 8.89. The van der Waals surface area contributed by atoms with Crippen molar-refractivity contribution < 1.29 is 14.3 Å². The van der Waals surface area contributed by atoms with Crippen LogP contribution in [0.2, 0.25) is 0 Å². The van der Waals surface area contributed by atoms with Crippen molar-refractivity contribution in [2.45, 2.75) is 45.3 Å². The van der Waals surface area contributed by atoms with Crippen molar-refractivity contribution in [3.8, 4) is 5.75 Å². The van der Waals surface area contributed by atoms with Gasteiger partial charge in [-0.25, -0.2) is 4.79 Å². The third-order valence-electron chi connectivity index (χ3n) is 6.45. The van der Waals surface area contributed by atoms with Crippen molar-refractivity contribution in [3.63, 3.8) is 0 Å². The first-order valence-corrected chi connectivity index (χ1v) is 10.8. The van der Waals surface area contributed by atoms with E-state index in [0.717, 1.165) is 34.3 Å². The molecule has 6 nitrogen and oxygen atoms in total. The highest BCUT2D eigenvalue weighted by molar-refractivity contribution is 6.05. The number of aromatic amines is 1. The number of fused-ring (bicyclic) bond motifs is 4. The Morgan fingerprint density at radius 1 is 1.10 bits per heavy atom. The molecule has 5 rings (SSSR count). The highest BCUT2D eigenvalue weighted by atomic mass is 16.5. The maximum atomic E-state index is 13.5. The molecule has 160 valence electrons. The fourth-order valence-corrected chi connectivity index (χ4v) is 5.00. The molecule has 6 heteroatoms. The lowest BCUT2D eigenvalue weighted by Crippen LogP contribution is -2.44. The van der Waals surface area contributed by atoms with Gasteiger partial charge in [0.1, 0.15) is 11.8 Å². The second kappa shape index (κ2) is 7.45. The van der Waals surface area contributed by atoms with Crippen molar-refractivity contribution >= 4 is 22.8 Å². The first-order chi connectivity index (χ1) is 15.0. The van der Waals surface area contributed by atoms with E-state index in [1.165, 1.54) is 10.5 Å². The number of urea groups is 1. The maximum absolute atomic E-state index is 13.5. The molecule has 2 aliphatic rings. The molecule has 0 bridgehead atoms. The molecule has 0 aliphatic carbocycles. The molecule has 0 spiro atoms. The maximum Gasteiger partial charge on any atom is 0.328 e. The van der Waals surface area contributed by atoms with Gasteiger partial charge in [0, 0.05) is 23.0 Å². The summed E-state index contributed by atoms with van der Waals surface area (Å²) in [6.45, 7) is 4.59. The normalized spacial score (nSPS) is 20.5. The Kier molecular flexibility index (Phi) is 4.73. The highest BCUT2D eigenvalue weighted by Gasteiger charge is 2.51. The second-order valence-electron chi connectivity index (χ2n) is 8.89. The number of amides is 3. The molecule has 2 aromatic carbocycles. The van der Waals surface area contributed by atoms with Gasteiger partial charge in [-0.3, -0.25) is 9.69 Å². The minimum Gasteiger partial charge on any atom is -0.497 e. The van der Waals surface area contributed by atoms with E-state index in [1.54, 1.807) is 7.11 Å². The van der Waals surface area contributed by atoms with Gasteiger partial charge in [-0.05, 0) is 41.7 Å². The van der Waals surface area contributed by atoms with Gasteiger partial charge in [-0.1, -0.05) is 44.2 Å². The van der Waals surface area contributed by atoms with E-state index in [2.05, 4.69) is 31.0 Å². The molecule has 3 heterocycles. The van der Waals surface area contributed by atoms with Gasteiger partial charge in [0.05, 0.1) is 19.7 Å². The molecule has 1 N–H and O–H groups in total. The number of nitrogens with zero attached hydrogens (tertiary/aromatic N) is 2. The summed E-state index contributed by atoms with van der Waals surface area (Å²) in [5, 5.41) is 1.15. The van der Waals surface area contributed by atoms with Gasteiger partial charge in [-0.2, -0.15) is 0 Å². The number of para-hydroxylation sites is 1. The predicted molar refractivity (Wildman–Crippen MR) is 119 cm³/mol. The zero-order valence-electron chi connectivity index (χ0n) is 18.1. The number of rotatable bonds is 5. The van der Waals surface area contributed by atoms with Gasteiger partial charge in [-0.15, -0.1) is 0 Å². The van der Waals surface area contributed by atoms with E-state index < -0.39 is 6.04 Å². The number of H-pyrrole nitrogens is 1. The first kappa shape index (κ1) is 19.7. The van der Waals surface area contributed by atoms with Crippen LogP contribution in [0, 0.1) is 5.92 Å². The van der Waals surface area contributed by atoms with Crippen LogP contribution >= 0.6 is 0 Å². The lowest BCUT2D eigenvalue weighted by atomic mass is 9.88. The van der Waals surface area contributed by atoms with Gasteiger partial charge < -0.3 is 14.6 Å². The Morgan fingerprint density at radius 2 is 1.84 bits per heavy atom. The van der Waals surface area contributed by atoms with Crippen molar-refractivity contribution in [2.24, 2.45) is 5.92 Å². The lowest BCUT2D eigenvalue weighted by Gasteiger charge is -2.36. The van der Waals surface area contributed by atoms with E-state index in [4.69, 9.17) is 4.74 Å². The van der Waals surface area contributed by atoms with Crippen molar-refractivity contribution in [1.29, 1.82) is 0 Å². The number of carbonyl (C=O) groups excluding carboxylic acids is 2. The molecule has 2 aliphatic heterocycles. The van der Waals surface area contributed by atoms with Gasteiger partial charge in [0.2, 0.25) is 0 Å². The van der Waals surface area contributed by atoms with Gasteiger partial charge >= 0.3 is 6.03 Å². The summed E-state index contributed by atoms with van der Waals surface area (Å²) in [5.41, 5.74) is 4.23. The lowest BCUT2D eigenvalue weighted by molar-refractivity contribution is -0.129. The molecule has 1 saturated heterocycles. The molecule has 1 aromatic heterocycles.